The summed E-state index contributed by atoms with van der Waals surface area (Å²) >= 11 is 0. The highest BCUT2D eigenvalue weighted by atomic mass is 16.4. The maximum Gasteiger partial charge on any atom is 0.311 e. The second kappa shape index (κ2) is 4.11. The summed E-state index contributed by atoms with van der Waals surface area (Å²) < 4.78 is 1.55. The van der Waals surface area contributed by atoms with Crippen LogP contribution in [0, 0.1) is 12.3 Å². The Labute approximate surface area is 109 Å². The van der Waals surface area contributed by atoms with Crippen LogP contribution in [0.5, 0.6) is 0 Å². The van der Waals surface area contributed by atoms with Gasteiger partial charge in [-0.05, 0) is 41.8 Å². The molecule has 0 saturated heterocycles. The van der Waals surface area contributed by atoms with Crippen molar-refractivity contribution < 1.29 is 9.90 Å². The van der Waals surface area contributed by atoms with E-state index in [0.29, 0.717) is 25.2 Å². The van der Waals surface area contributed by atoms with Gasteiger partial charge in [-0.3, -0.25) is 9.78 Å². The van der Waals surface area contributed by atoms with Gasteiger partial charge in [-0.1, -0.05) is 0 Å². The fourth-order valence-electron chi connectivity index (χ4n) is 2.07. The number of carboxylic acid groups (broad SMARTS) is 1. The molecule has 0 aromatic carbocycles. The van der Waals surface area contributed by atoms with E-state index in [1.54, 1.807) is 17.1 Å². The molecule has 0 amide bonds. The zero-order valence-electron chi connectivity index (χ0n) is 10.4. The van der Waals surface area contributed by atoms with Gasteiger partial charge < -0.3 is 5.11 Å². The first-order chi connectivity index (χ1) is 9.11. The van der Waals surface area contributed by atoms with Crippen LogP contribution in [0.3, 0.4) is 0 Å². The molecule has 3 rings (SSSR count). The fourth-order valence-corrected chi connectivity index (χ4v) is 2.07. The molecule has 0 atom stereocenters. The highest BCUT2D eigenvalue weighted by Gasteiger charge is 2.51. The SMILES string of the molecule is Cc1cncc(-c2nnnn2CC2(C(=O)O)CC2)c1. The summed E-state index contributed by atoms with van der Waals surface area (Å²) in [6, 6.07) is 1.93. The molecule has 1 saturated carbocycles. The number of pyridine rings is 1. The van der Waals surface area contributed by atoms with Gasteiger partial charge in [0.2, 0.25) is 0 Å². The van der Waals surface area contributed by atoms with Crippen molar-refractivity contribution >= 4 is 5.97 Å². The zero-order chi connectivity index (χ0) is 13.5. The predicted octanol–water partition coefficient (Wildman–Crippen LogP) is 0.908. The lowest BCUT2D eigenvalue weighted by molar-refractivity contribution is -0.144. The standard InChI is InChI=1S/C12H13N5O2/c1-8-4-9(6-13-5-8)10-14-15-16-17(10)7-12(2-3-12)11(18)19/h4-6H,2-3,7H2,1H3,(H,18,19). The molecule has 7 nitrogen and oxygen atoms in total. The molecule has 2 aromatic heterocycles. The summed E-state index contributed by atoms with van der Waals surface area (Å²) in [5, 5.41) is 20.7. The van der Waals surface area contributed by atoms with Crippen molar-refractivity contribution in [3.05, 3.63) is 24.0 Å². The molecule has 0 unspecified atom stereocenters. The Kier molecular flexibility index (Phi) is 2.55. The van der Waals surface area contributed by atoms with Crippen LogP contribution < -0.4 is 0 Å². The Hall–Kier alpha value is -2.31. The number of tetrazole rings is 1. The number of carbonyl (C=O) groups is 1. The molecule has 19 heavy (non-hydrogen) atoms. The molecule has 2 aromatic rings. The number of carboxylic acids is 1. The Morgan fingerprint density at radius 3 is 2.89 bits per heavy atom. The van der Waals surface area contributed by atoms with Gasteiger partial charge in [0.15, 0.2) is 5.82 Å². The lowest BCUT2D eigenvalue weighted by atomic mass is 10.1. The summed E-state index contributed by atoms with van der Waals surface area (Å²) in [5.41, 5.74) is 1.11. The van der Waals surface area contributed by atoms with E-state index in [1.165, 1.54) is 0 Å². The summed E-state index contributed by atoms with van der Waals surface area (Å²) in [4.78, 5) is 15.3. The average molecular weight is 259 g/mol. The van der Waals surface area contributed by atoms with Crippen molar-refractivity contribution in [2.24, 2.45) is 5.41 Å². The Bertz CT molecular complexity index is 633. The first kappa shape index (κ1) is 11.8. The van der Waals surface area contributed by atoms with Gasteiger partial charge in [-0.2, -0.15) is 0 Å². The molecule has 0 radical (unpaired) electrons. The van der Waals surface area contributed by atoms with Gasteiger partial charge in [0.05, 0.1) is 12.0 Å². The summed E-state index contributed by atoms with van der Waals surface area (Å²) in [7, 11) is 0. The largest absolute Gasteiger partial charge is 0.481 e. The van der Waals surface area contributed by atoms with E-state index < -0.39 is 11.4 Å². The molecule has 1 aliphatic carbocycles. The quantitative estimate of drug-likeness (QED) is 0.877. The molecular formula is C12H13N5O2. The number of aromatic nitrogens is 5. The van der Waals surface area contributed by atoms with Crippen molar-refractivity contribution in [2.45, 2.75) is 26.3 Å². The van der Waals surface area contributed by atoms with Crippen molar-refractivity contribution in [1.29, 1.82) is 0 Å². The van der Waals surface area contributed by atoms with E-state index in [0.717, 1.165) is 11.1 Å². The summed E-state index contributed by atoms with van der Waals surface area (Å²) in [6.45, 7) is 2.24. The van der Waals surface area contributed by atoms with Crippen LogP contribution in [0.2, 0.25) is 0 Å². The molecule has 1 aliphatic rings. The molecule has 98 valence electrons. The lowest BCUT2D eigenvalue weighted by Crippen LogP contribution is -2.22. The number of aryl methyl sites for hydroxylation is 1. The van der Waals surface area contributed by atoms with Crippen LogP contribution in [-0.4, -0.2) is 36.3 Å². The van der Waals surface area contributed by atoms with E-state index in [2.05, 4.69) is 20.5 Å². The lowest BCUT2D eigenvalue weighted by Gasteiger charge is -2.10. The number of rotatable bonds is 4. The molecule has 0 bridgehead atoms. The molecule has 0 aliphatic heterocycles. The number of aliphatic carboxylic acids is 1. The Balaban J connectivity index is 1.93. The van der Waals surface area contributed by atoms with Gasteiger partial charge in [-0.15, -0.1) is 5.10 Å². The molecule has 7 heteroatoms. The Morgan fingerprint density at radius 1 is 1.47 bits per heavy atom. The van der Waals surface area contributed by atoms with Crippen LogP contribution >= 0.6 is 0 Å². The monoisotopic (exact) mass is 259 g/mol. The minimum absolute atomic E-state index is 0.304. The maximum absolute atomic E-state index is 11.2. The summed E-state index contributed by atoms with van der Waals surface area (Å²) in [6.07, 6.45) is 4.77. The number of hydrogen-bond donors (Lipinski definition) is 1. The van der Waals surface area contributed by atoms with E-state index in [9.17, 15) is 9.90 Å². The van der Waals surface area contributed by atoms with E-state index in [1.807, 2.05) is 13.0 Å². The normalized spacial score (nSPS) is 16.3. The van der Waals surface area contributed by atoms with E-state index >= 15 is 0 Å². The van der Waals surface area contributed by atoms with Crippen molar-refractivity contribution in [2.75, 3.05) is 0 Å². The van der Waals surface area contributed by atoms with Gasteiger partial charge in [-0.25, -0.2) is 4.68 Å². The fraction of sp³-hybridized carbons (Fsp3) is 0.417. The van der Waals surface area contributed by atoms with Crippen LogP contribution in [0.25, 0.3) is 11.4 Å². The third-order valence-corrected chi connectivity index (χ3v) is 3.42. The minimum atomic E-state index is -0.781. The van der Waals surface area contributed by atoms with Crippen LogP contribution in [0.1, 0.15) is 18.4 Å². The number of nitrogens with zero attached hydrogens (tertiary/aromatic N) is 5. The summed E-state index contributed by atoms with van der Waals surface area (Å²) in [5.74, 6) is -0.222. The van der Waals surface area contributed by atoms with Gasteiger partial charge in [0.25, 0.3) is 0 Å². The zero-order valence-corrected chi connectivity index (χ0v) is 10.4. The third-order valence-electron chi connectivity index (χ3n) is 3.42. The van der Waals surface area contributed by atoms with Crippen LogP contribution in [-0.2, 0) is 11.3 Å². The maximum atomic E-state index is 11.2. The second-order valence-corrected chi connectivity index (χ2v) is 5.00. The number of hydrogen-bond acceptors (Lipinski definition) is 5. The minimum Gasteiger partial charge on any atom is -0.481 e. The van der Waals surface area contributed by atoms with E-state index in [-0.39, 0.29) is 0 Å². The first-order valence-electron chi connectivity index (χ1n) is 6.02. The predicted molar refractivity (Wildman–Crippen MR) is 65.1 cm³/mol. The molecule has 0 spiro atoms. The average Bonchev–Trinajstić information content (AvgIpc) is 3.01. The van der Waals surface area contributed by atoms with Crippen LogP contribution in [0.4, 0.5) is 0 Å². The van der Waals surface area contributed by atoms with Gasteiger partial charge >= 0.3 is 5.97 Å². The van der Waals surface area contributed by atoms with Crippen LogP contribution in [0.15, 0.2) is 18.5 Å². The van der Waals surface area contributed by atoms with Gasteiger partial charge in [0.1, 0.15) is 0 Å². The molecule has 2 heterocycles. The smallest absolute Gasteiger partial charge is 0.311 e. The van der Waals surface area contributed by atoms with Crippen molar-refractivity contribution in [1.82, 2.24) is 25.2 Å². The van der Waals surface area contributed by atoms with Crippen molar-refractivity contribution in [3.8, 4) is 11.4 Å². The highest BCUT2D eigenvalue weighted by molar-refractivity contribution is 5.77. The Morgan fingerprint density at radius 2 is 2.26 bits per heavy atom. The van der Waals surface area contributed by atoms with E-state index in [4.69, 9.17) is 0 Å². The topological polar surface area (TPSA) is 93.8 Å². The third kappa shape index (κ3) is 2.07. The second-order valence-electron chi connectivity index (χ2n) is 5.00. The van der Waals surface area contributed by atoms with Crippen molar-refractivity contribution in [3.63, 3.8) is 0 Å². The van der Waals surface area contributed by atoms with Gasteiger partial charge in [0, 0.05) is 18.0 Å². The molecule has 1 fully saturated rings. The first-order valence-corrected chi connectivity index (χ1v) is 6.02. The molecular weight excluding hydrogens is 246 g/mol. The molecule has 1 N–H and O–H groups in total. The highest BCUT2D eigenvalue weighted by Crippen LogP contribution is 2.47.